The van der Waals surface area contributed by atoms with Crippen LogP contribution in [0.5, 0.6) is 0 Å². The van der Waals surface area contributed by atoms with Crippen molar-refractivity contribution in [2.24, 2.45) is 27.7 Å². The Kier molecular flexibility index (Phi) is 9.02. The van der Waals surface area contributed by atoms with Crippen LogP contribution in [-0.2, 0) is 9.47 Å². The lowest BCUT2D eigenvalue weighted by atomic mass is 9.68. The second kappa shape index (κ2) is 9.09. The molecule has 0 saturated carbocycles. The van der Waals surface area contributed by atoms with E-state index in [1.54, 1.807) is 0 Å². The fourth-order valence-electron chi connectivity index (χ4n) is 3.60. The van der Waals surface area contributed by atoms with Crippen molar-refractivity contribution in [1.82, 2.24) is 0 Å². The highest BCUT2D eigenvalue weighted by Crippen LogP contribution is 2.42. The van der Waals surface area contributed by atoms with E-state index in [4.69, 9.17) is 20.9 Å². The van der Waals surface area contributed by atoms with E-state index in [-0.39, 0.29) is 10.8 Å². The number of rotatable bonds is 11. The molecule has 128 valence electrons. The van der Waals surface area contributed by atoms with Gasteiger partial charge in [0.2, 0.25) is 0 Å². The van der Waals surface area contributed by atoms with Crippen molar-refractivity contribution < 1.29 is 9.47 Å². The van der Waals surface area contributed by atoms with Gasteiger partial charge in [-0.1, -0.05) is 41.5 Å². The third-order valence-corrected chi connectivity index (χ3v) is 3.34. The van der Waals surface area contributed by atoms with E-state index in [2.05, 4.69) is 41.5 Å². The summed E-state index contributed by atoms with van der Waals surface area (Å²) in [5, 5.41) is 0. The zero-order valence-electron chi connectivity index (χ0n) is 15.1. The van der Waals surface area contributed by atoms with Gasteiger partial charge in [-0.05, 0) is 23.7 Å². The fraction of sp³-hybridized carbons (Fsp3) is 1.00. The van der Waals surface area contributed by atoms with Crippen molar-refractivity contribution in [2.75, 3.05) is 39.5 Å². The molecule has 4 nitrogen and oxygen atoms in total. The molecule has 0 spiro atoms. The van der Waals surface area contributed by atoms with Gasteiger partial charge < -0.3 is 20.9 Å². The van der Waals surface area contributed by atoms with Gasteiger partial charge in [-0.2, -0.15) is 0 Å². The predicted molar refractivity (Wildman–Crippen MR) is 90.3 cm³/mol. The van der Waals surface area contributed by atoms with Crippen LogP contribution >= 0.6 is 0 Å². The summed E-state index contributed by atoms with van der Waals surface area (Å²) in [4.78, 5) is 0. The lowest BCUT2D eigenvalue weighted by Crippen LogP contribution is -2.37. The van der Waals surface area contributed by atoms with Crippen LogP contribution in [0.2, 0.25) is 0 Å². The standard InChI is InChI=1S/C17H38N2O2/c1-15(2,3)11-16(4,5)12-17(6,13-20-9-7-18)14-21-10-8-19/h7-14,18-19H2,1-6H3. The van der Waals surface area contributed by atoms with Crippen molar-refractivity contribution >= 4 is 0 Å². The molecule has 4 heteroatoms. The highest BCUT2D eigenvalue weighted by molar-refractivity contribution is 4.85. The first-order chi connectivity index (χ1) is 9.54. The highest BCUT2D eigenvalue weighted by Gasteiger charge is 2.35. The Bertz CT molecular complexity index is 262. The van der Waals surface area contributed by atoms with Crippen LogP contribution in [-0.4, -0.2) is 39.5 Å². The molecule has 0 heterocycles. The maximum atomic E-state index is 5.72. The van der Waals surface area contributed by atoms with Crippen molar-refractivity contribution in [3.05, 3.63) is 0 Å². The topological polar surface area (TPSA) is 70.5 Å². The molecule has 0 bridgehead atoms. The smallest absolute Gasteiger partial charge is 0.0589 e. The van der Waals surface area contributed by atoms with Gasteiger partial charge in [-0.3, -0.25) is 0 Å². The molecule has 0 aromatic rings. The molecule has 0 saturated heterocycles. The second-order valence-electron chi connectivity index (χ2n) is 8.57. The average molecular weight is 303 g/mol. The first kappa shape index (κ1) is 20.8. The van der Waals surface area contributed by atoms with Gasteiger partial charge >= 0.3 is 0 Å². The first-order valence-electron chi connectivity index (χ1n) is 8.09. The zero-order valence-corrected chi connectivity index (χ0v) is 15.1. The van der Waals surface area contributed by atoms with E-state index >= 15 is 0 Å². The van der Waals surface area contributed by atoms with Crippen molar-refractivity contribution in [3.8, 4) is 0 Å². The number of hydrogen-bond donors (Lipinski definition) is 2. The highest BCUT2D eigenvalue weighted by atomic mass is 16.5. The lowest BCUT2D eigenvalue weighted by molar-refractivity contribution is -0.0364. The zero-order chi connectivity index (χ0) is 16.6. The molecule has 0 rings (SSSR count). The quantitative estimate of drug-likeness (QED) is 0.576. The Morgan fingerprint density at radius 2 is 1.14 bits per heavy atom. The number of hydrogen-bond acceptors (Lipinski definition) is 4. The molecule has 0 atom stereocenters. The molecule has 0 radical (unpaired) electrons. The van der Waals surface area contributed by atoms with E-state index in [9.17, 15) is 0 Å². The van der Waals surface area contributed by atoms with Crippen molar-refractivity contribution in [2.45, 2.75) is 54.4 Å². The van der Waals surface area contributed by atoms with Gasteiger partial charge in [0.05, 0.1) is 26.4 Å². The average Bonchev–Trinajstić information content (AvgIpc) is 2.25. The van der Waals surface area contributed by atoms with Crippen molar-refractivity contribution in [1.29, 1.82) is 0 Å². The Morgan fingerprint density at radius 1 is 0.714 bits per heavy atom. The van der Waals surface area contributed by atoms with Gasteiger partial charge in [0.25, 0.3) is 0 Å². The molecule has 0 aromatic heterocycles. The Labute approximate surface area is 131 Å². The third kappa shape index (κ3) is 11.1. The van der Waals surface area contributed by atoms with Crippen LogP contribution in [0, 0.1) is 16.2 Å². The summed E-state index contributed by atoms with van der Waals surface area (Å²) < 4.78 is 11.4. The van der Waals surface area contributed by atoms with Crippen LogP contribution in [0.1, 0.15) is 54.4 Å². The van der Waals surface area contributed by atoms with E-state index in [1.165, 1.54) is 6.42 Å². The third-order valence-electron chi connectivity index (χ3n) is 3.34. The second-order valence-corrected chi connectivity index (χ2v) is 8.57. The molecular formula is C17H38N2O2. The molecule has 0 fully saturated rings. The molecule has 0 unspecified atom stereocenters. The van der Waals surface area contributed by atoms with Gasteiger partial charge in [0.1, 0.15) is 0 Å². The van der Waals surface area contributed by atoms with Crippen LogP contribution in [0.25, 0.3) is 0 Å². The minimum absolute atomic E-state index is 0.000903. The van der Waals surface area contributed by atoms with E-state index in [0.29, 0.717) is 44.9 Å². The summed E-state index contributed by atoms with van der Waals surface area (Å²) in [6.45, 7) is 17.5. The summed E-state index contributed by atoms with van der Waals surface area (Å²) in [5.41, 5.74) is 11.6. The van der Waals surface area contributed by atoms with Gasteiger partial charge in [0, 0.05) is 18.5 Å². The minimum atomic E-state index is -0.000903. The van der Waals surface area contributed by atoms with Crippen LogP contribution in [0.4, 0.5) is 0 Å². The SMILES string of the molecule is CC(C)(C)CC(C)(C)CC(C)(COCCN)COCCN. The maximum absolute atomic E-state index is 5.72. The summed E-state index contributed by atoms with van der Waals surface area (Å²) in [7, 11) is 0. The molecule has 0 aliphatic rings. The maximum Gasteiger partial charge on any atom is 0.0589 e. The molecule has 0 amide bonds. The van der Waals surface area contributed by atoms with Crippen LogP contribution in [0.3, 0.4) is 0 Å². The van der Waals surface area contributed by atoms with Crippen LogP contribution < -0.4 is 11.5 Å². The van der Waals surface area contributed by atoms with E-state index in [0.717, 1.165) is 6.42 Å². The minimum Gasteiger partial charge on any atom is -0.379 e. The molecule has 4 N–H and O–H groups in total. The normalized spacial score (nSPS) is 13.7. The van der Waals surface area contributed by atoms with Gasteiger partial charge in [0.15, 0.2) is 0 Å². The molecule has 0 aromatic carbocycles. The monoisotopic (exact) mass is 302 g/mol. The van der Waals surface area contributed by atoms with Gasteiger partial charge in [-0.25, -0.2) is 0 Å². The number of ether oxygens (including phenoxy) is 2. The Morgan fingerprint density at radius 3 is 1.48 bits per heavy atom. The molecular weight excluding hydrogens is 264 g/mol. The molecule has 0 aliphatic heterocycles. The first-order valence-corrected chi connectivity index (χ1v) is 8.09. The fourth-order valence-corrected chi connectivity index (χ4v) is 3.60. The lowest BCUT2D eigenvalue weighted by Gasteiger charge is -2.40. The summed E-state index contributed by atoms with van der Waals surface area (Å²) >= 11 is 0. The van der Waals surface area contributed by atoms with E-state index < -0.39 is 0 Å². The Hall–Kier alpha value is -0.160. The largest absolute Gasteiger partial charge is 0.379 e. The van der Waals surface area contributed by atoms with E-state index in [1.807, 2.05) is 0 Å². The van der Waals surface area contributed by atoms with Crippen LogP contribution in [0.15, 0.2) is 0 Å². The predicted octanol–water partition coefficient (Wildman–Crippen LogP) is 2.80. The summed E-state index contributed by atoms with van der Waals surface area (Å²) in [6.07, 6.45) is 2.23. The Balaban J connectivity index is 4.69. The van der Waals surface area contributed by atoms with Crippen molar-refractivity contribution in [3.63, 3.8) is 0 Å². The van der Waals surface area contributed by atoms with Gasteiger partial charge in [-0.15, -0.1) is 0 Å². The number of nitrogens with two attached hydrogens (primary N) is 2. The summed E-state index contributed by atoms with van der Waals surface area (Å²) in [5.74, 6) is 0. The molecule has 0 aliphatic carbocycles. The molecule has 21 heavy (non-hydrogen) atoms. The summed E-state index contributed by atoms with van der Waals surface area (Å²) in [6, 6.07) is 0.